The van der Waals surface area contributed by atoms with Crippen LogP contribution in [0, 0.1) is 18.6 Å². The minimum atomic E-state index is -0.937. The molecule has 0 amide bonds. The van der Waals surface area contributed by atoms with E-state index in [0.717, 1.165) is 17.3 Å². The molecule has 0 bridgehead atoms. The maximum atomic E-state index is 13.7. The van der Waals surface area contributed by atoms with Crippen LogP contribution in [-0.4, -0.2) is 17.0 Å². The van der Waals surface area contributed by atoms with Gasteiger partial charge in [0.15, 0.2) is 17.5 Å². The Bertz CT molecular complexity index is 687. The van der Waals surface area contributed by atoms with Crippen LogP contribution in [0.3, 0.4) is 0 Å². The zero-order valence-electron chi connectivity index (χ0n) is 12.3. The van der Waals surface area contributed by atoms with Crippen LogP contribution >= 0.6 is 15.9 Å². The van der Waals surface area contributed by atoms with Crippen molar-refractivity contribution in [2.24, 2.45) is 0 Å². The number of nitrogens with one attached hydrogen (secondary N) is 1. The summed E-state index contributed by atoms with van der Waals surface area (Å²) < 4.78 is 26.9. The van der Waals surface area contributed by atoms with E-state index in [0.29, 0.717) is 17.2 Å². The van der Waals surface area contributed by atoms with Crippen LogP contribution < -0.4 is 5.32 Å². The highest BCUT2D eigenvalue weighted by atomic mass is 79.9. The summed E-state index contributed by atoms with van der Waals surface area (Å²) in [5, 5.41) is 3.04. The van der Waals surface area contributed by atoms with Gasteiger partial charge in [-0.15, -0.1) is 0 Å². The first kappa shape index (κ1) is 15.8. The van der Waals surface area contributed by atoms with Gasteiger partial charge in [0.2, 0.25) is 0 Å². The summed E-state index contributed by atoms with van der Waals surface area (Å²) in [5.74, 6) is -0.534. The third kappa shape index (κ3) is 2.90. The number of hydrogen-bond donors (Lipinski definition) is 1. The van der Waals surface area contributed by atoms with Crippen molar-refractivity contribution in [1.29, 1.82) is 0 Å². The summed E-state index contributed by atoms with van der Waals surface area (Å²) in [6.07, 6.45) is 0. The summed E-state index contributed by atoms with van der Waals surface area (Å²) in [6, 6.07) is 2.54. The molecule has 1 heterocycles. The average molecular weight is 356 g/mol. The largest absolute Gasteiger partial charge is 0.373 e. The van der Waals surface area contributed by atoms with Gasteiger partial charge in [0.1, 0.15) is 5.82 Å². The Balaban J connectivity index is 2.66. The second kappa shape index (κ2) is 6.05. The normalized spacial score (nSPS) is 11.0. The fraction of sp³-hybridized carbons (Fsp3) is 0.333. The quantitative estimate of drug-likeness (QED) is 0.813. The molecule has 0 saturated carbocycles. The van der Waals surface area contributed by atoms with Crippen LogP contribution in [-0.2, 0) is 0 Å². The number of hydrogen-bond acceptors (Lipinski definition) is 3. The van der Waals surface area contributed by atoms with Gasteiger partial charge >= 0.3 is 0 Å². The van der Waals surface area contributed by atoms with E-state index in [4.69, 9.17) is 0 Å². The molecule has 0 aliphatic rings. The first-order valence-corrected chi connectivity index (χ1v) is 7.36. The van der Waals surface area contributed by atoms with Gasteiger partial charge in [0.05, 0.1) is 4.47 Å². The second-order valence-electron chi connectivity index (χ2n) is 5.02. The fourth-order valence-corrected chi connectivity index (χ4v) is 2.78. The van der Waals surface area contributed by atoms with Crippen molar-refractivity contribution in [1.82, 2.24) is 9.97 Å². The minimum Gasteiger partial charge on any atom is -0.373 e. The molecule has 0 fully saturated rings. The molecule has 0 spiro atoms. The Morgan fingerprint density at radius 1 is 1.19 bits per heavy atom. The maximum Gasteiger partial charge on any atom is 0.173 e. The van der Waals surface area contributed by atoms with Gasteiger partial charge in [-0.1, -0.05) is 13.8 Å². The maximum absolute atomic E-state index is 13.7. The summed E-state index contributed by atoms with van der Waals surface area (Å²) in [5.41, 5.74) is 2.25. The molecule has 2 rings (SSSR count). The van der Waals surface area contributed by atoms with Crippen LogP contribution in [0.1, 0.15) is 31.0 Å². The number of rotatable bonds is 3. The summed E-state index contributed by atoms with van der Waals surface area (Å²) in [4.78, 5) is 8.87. The molecule has 0 radical (unpaired) electrons. The van der Waals surface area contributed by atoms with Crippen LogP contribution in [0.15, 0.2) is 16.6 Å². The average Bonchev–Trinajstić information content (AvgIpc) is 2.43. The summed E-state index contributed by atoms with van der Waals surface area (Å²) >= 11 is 3.07. The lowest BCUT2D eigenvalue weighted by atomic mass is 10.0. The van der Waals surface area contributed by atoms with Crippen molar-refractivity contribution >= 4 is 21.7 Å². The number of nitrogens with zero attached hydrogens (tertiary/aromatic N) is 2. The lowest BCUT2D eigenvalue weighted by Crippen LogP contribution is -2.07. The van der Waals surface area contributed by atoms with E-state index in [1.165, 1.54) is 6.07 Å². The molecule has 2 aromatic rings. The third-order valence-electron chi connectivity index (χ3n) is 3.23. The molecule has 0 aliphatic carbocycles. The van der Waals surface area contributed by atoms with Gasteiger partial charge in [-0.3, -0.25) is 0 Å². The van der Waals surface area contributed by atoms with Gasteiger partial charge in [0, 0.05) is 23.9 Å². The van der Waals surface area contributed by atoms with E-state index >= 15 is 0 Å². The molecule has 0 saturated heterocycles. The molecule has 0 unspecified atom stereocenters. The zero-order valence-corrected chi connectivity index (χ0v) is 13.8. The van der Waals surface area contributed by atoms with Crippen molar-refractivity contribution in [3.8, 4) is 11.4 Å². The molecule has 1 aromatic heterocycles. The molecule has 3 nitrogen and oxygen atoms in total. The van der Waals surface area contributed by atoms with Crippen LogP contribution in [0.4, 0.5) is 14.6 Å². The number of anilines is 1. The molecule has 21 heavy (non-hydrogen) atoms. The Hall–Kier alpha value is -1.56. The van der Waals surface area contributed by atoms with Crippen LogP contribution in [0.5, 0.6) is 0 Å². The standard InChI is InChI=1S/C15H16BrF2N3/c1-7(2)11-8(3)20-14(21-15(11)19-4)9-5-6-10(17)13(18)12(9)16/h5-7H,1-4H3,(H,19,20,21). The number of aryl methyl sites for hydroxylation is 1. The topological polar surface area (TPSA) is 37.8 Å². The highest BCUT2D eigenvalue weighted by Gasteiger charge is 2.18. The van der Waals surface area contributed by atoms with E-state index in [1.54, 1.807) is 7.05 Å². The number of benzene rings is 1. The van der Waals surface area contributed by atoms with Crippen molar-refractivity contribution in [2.75, 3.05) is 12.4 Å². The highest BCUT2D eigenvalue weighted by molar-refractivity contribution is 9.10. The van der Waals surface area contributed by atoms with E-state index < -0.39 is 11.6 Å². The first-order valence-electron chi connectivity index (χ1n) is 6.57. The van der Waals surface area contributed by atoms with Crippen LogP contribution in [0.2, 0.25) is 0 Å². The van der Waals surface area contributed by atoms with Gasteiger partial charge in [-0.2, -0.15) is 0 Å². The molecule has 0 atom stereocenters. The van der Waals surface area contributed by atoms with E-state index in [9.17, 15) is 8.78 Å². The molecule has 0 aliphatic heterocycles. The second-order valence-corrected chi connectivity index (χ2v) is 5.82. The van der Waals surface area contributed by atoms with Crippen LogP contribution in [0.25, 0.3) is 11.4 Å². The lowest BCUT2D eigenvalue weighted by molar-refractivity contribution is 0.504. The highest BCUT2D eigenvalue weighted by Crippen LogP contribution is 2.33. The lowest BCUT2D eigenvalue weighted by Gasteiger charge is -2.16. The Kier molecular flexibility index (Phi) is 4.56. The molecular weight excluding hydrogens is 340 g/mol. The Labute approximate surface area is 131 Å². The molecule has 1 N–H and O–H groups in total. The predicted molar refractivity (Wildman–Crippen MR) is 83.5 cm³/mol. The summed E-state index contributed by atoms with van der Waals surface area (Å²) in [6.45, 7) is 5.99. The van der Waals surface area contributed by atoms with Crippen molar-refractivity contribution < 1.29 is 8.78 Å². The van der Waals surface area contributed by atoms with Gasteiger partial charge in [-0.25, -0.2) is 18.7 Å². The van der Waals surface area contributed by atoms with Crippen molar-refractivity contribution in [2.45, 2.75) is 26.7 Å². The van der Waals surface area contributed by atoms with E-state index in [2.05, 4.69) is 45.1 Å². The van der Waals surface area contributed by atoms with E-state index in [-0.39, 0.29) is 10.4 Å². The molecule has 6 heteroatoms. The SMILES string of the molecule is CNc1nc(-c2ccc(F)c(F)c2Br)nc(C)c1C(C)C. The molecule has 112 valence electrons. The smallest absolute Gasteiger partial charge is 0.173 e. The number of halogens is 3. The van der Waals surface area contributed by atoms with Crippen molar-refractivity contribution in [3.05, 3.63) is 39.5 Å². The third-order valence-corrected chi connectivity index (χ3v) is 4.00. The first-order chi connectivity index (χ1) is 9.86. The van der Waals surface area contributed by atoms with E-state index in [1.807, 2.05) is 6.92 Å². The zero-order chi connectivity index (χ0) is 15.7. The summed E-state index contributed by atoms with van der Waals surface area (Å²) in [7, 11) is 1.78. The fourth-order valence-electron chi connectivity index (χ4n) is 2.28. The molecule has 1 aromatic carbocycles. The Morgan fingerprint density at radius 3 is 2.43 bits per heavy atom. The van der Waals surface area contributed by atoms with Gasteiger partial charge in [0.25, 0.3) is 0 Å². The van der Waals surface area contributed by atoms with Crippen molar-refractivity contribution in [3.63, 3.8) is 0 Å². The number of aromatic nitrogens is 2. The minimum absolute atomic E-state index is 0.0289. The van der Waals surface area contributed by atoms with Gasteiger partial charge < -0.3 is 5.32 Å². The Morgan fingerprint density at radius 2 is 1.86 bits per heavy atom. The molecular formula is C15H16BrF2N3. The predicted octanol–water partition coefficient (Wildman–Crippen LogP) is 4.66. The van der Waals surface area contributed by atoms with Gasteiger partial charge in [-0.05, 0) is 40.9 Å². The monoisotopic (exact) mass is 355 g/mol.